The van der Waals surface area contributed by atoms with Crippen LogP contribution in [0.5, 0.6) is 11.5 Å². The normalized spacial score (nSPS) is 10.2. The lowest BCUT2D eigenvalue weighted by atomic mass is 10.1. The van der Waals surface area contributed by atoms with Crippen LogP contribution in [-0.4, -0.2) is 17.9 Å². The maximum Gasteiger partial charge on any atom is 0.311 e. The first kappa shape index (κ1) is 19.9. The predicted octanol–water partition coefficient (Wildman–Crippen LogP) is 4.11. The minimum absolute atomic E-state index is 0.109. The van der Waals surface area contributed by atoms with Gasteiger partial charge >= 0.3 is 5.69 Å². The first-order valence-corrected chi connectivity index (χ1v) is 8.93. The molecule has 1 amide bonds. The van der Waals surface area contributed by atoms with E-state index in [-0.39, 0.29) is 23.5 Å². The highest BCUT2D eigenvalue weighted by Crippen LogP contribution is 2.27. The molecule has 0 aliphatic rings. The van der Waals surface area contributed by atoms with Crippen molar-refractivity contribution in [3.63, 3.8) is 0 Å². The van der Waals surface area contributed by atoms with Gasteiger partial charge in [-0.1, -0.05) is 42.5 Å². The van der Waals surface area contributed by atoms with Gasteiger partial charge in [-0.25, -0.2) is 0 Å². The fourth-order valence-electron chi connectivity index (χ4n) is 2.70. The Labute approximate surface area is 168 Å². The molecule has 0 aromatic heterocycles. The summed E-state index contributed by atoms with van der Waals surface area (Å²) in [6.45, 7) is 0.769. The molecule has 0 fully saturated rings. The second-order valence-electron chi connectivity index (χ2n) is 6.24. The number of nitro benzene ring substituents is 1. The number of amides is 1. The molecular formula is C22H20N2O5. The number of hydrogen-bond acceptors (Lipinski definition) is 5. The summed E-state index contributed by atoms with van der Waals surface area (Å²) in [5, 5.41) is 13.8. The van der Waals surface area contributed by atoms with Gasteiger partial charge in [0.05, 0.1) is 12.0 Å². The van der Waals surface area contributed by atoms with Gasteiger partial charge in [0.2, 0.25) is 0 Å². The second-order valence-corrected chi connectivity index (χ2v) is 6.24. The van der Waals surface area contributed by atoms with Gasteiger partial charge in [-0.05, 0) is 35.4 Å². The van der Waals surface area contributed by atoms with Crippen LogP contribution < -0.4 is 14.8 Å². The van der Waals surface area contributed by atoms with E-state index < -0.39 is 10.8 Å². The third kappa shape index (κ3) is 5.32. The number of nitro groups is 1. The first-order chi connectivity index (χ1) is 14.1. The van der Waals surface area contributed by atoms with Crippen molar-refractivity contribution in [3.05, 3.63) is 99.6 Å². The van der Waals surface area contributed by atoms with Crippen molar-refractivity contribution in [1.82, 2.24) is 5.32 Å². The quantitative estimate of drug-likeness (QED) is 0.460. The second kappa shape index (κ2) is 9.36. The summed E-state index contributed by atoms with van der Waals surface area (Å²) in [5.41, 5.74) is 1.91. The molecule has 0 aliphatic heterocycles. The van der Waals surface area contributed by atoms with Crippen molar-refractivity contribution < 1.29 is 19.2 Å². The van der Waals surface area contributed by atoms with Crippen LogP contribution in [0.2, 0.25) is 0 Å². The van der Waals surface area contributed by atoms with E-state index in [9.17, 15) is 14.9 Å². The molecule has 3 aromatic carbocycles. The molecule has 0 heterocycles. The maximum absolute atomic E-state index is 12.3. The maximum atomic E-state index is 12.3. The summed E-state index contributed by atoms with van der Waals surface area (Å²) < 4.78 is 10.7. The van der Waals surface area contributed by atoms with Gasteiger partial charge in [0.25, 0.3) is 5.91 Å². The van der Waals surface area contributed by atoms with Gasteiger partial charge in [0.1, 0.15) is 12.4 Å². The lowest BCUT2D eigenvalue weighted by Crippen LogP contribution is -2.22. The number of carbonyl (C=O) groups is 1. The molecule has 29 heavy (non-hydrogen) atoms. The van der Waals surface area contributed by atoms with Crippen molar-refractivity contribution >= 4 is 11.6 Å². The Hall–Kier alpha value is -3.87. The molecule has 0 bridgehead atoms. The van der Waals surface area contributed by atoms with Gasteiger partial charge < -0.3 is 14.8 Å². The molecule has 0 radical (unpaired) electrons. The summed E-state index contributed by atoms with van der Waals surface area (Å²) in [6.07, 6.45) is 0. The van der Waals surface area contributed by atoms with Gasteiger partial charge in [-0.2, -0.15) is 0 Å². The van der Waals surface area contributed by atoms with Crippen LogP contribution in [0.4, 0.5) is 5.69 Å². The van der Waals surface area contributed by atoms with Gasteiger partial charge in [-0.15, -0.1) is 0 Å². The van der Waals surface area contributed by atoms with E-state index in [4.69, 9.17) is 9.47 Å². The summed E-state index contributed by atoms with van der Waals surface area (Å²) in [5.74, 6) is 0.438. The number of hydrogen-bond donors (Lipinski definition) is 1. The zero-order chi connectivity index (χ0) is 20.6. The van der Waals surface area contributed by atoms with Crippen LogP contribution in [0.1, 0.15) is 21.5 Å². The molecule has 148 valence electrons. The molecule has 0 saturated carbocycles. The van der Waals surface area contributed by atoms with E-state index in [0.29, 0.717) is 6.61 Å². The first-order valence-electron chi connectivity index (χ1n) is 8.93. The number of rotatable bonds is 8. The summed E-state index contributed by atoms with van der Waals surface area (Å²) in [6, 6.07) is 21.4. The Morgan fingerprint density at radius 2 is 1.72 bits per heavy atom. The number of nitrogens with zero attached hydrogens (tertiary/aromatic N) is 1. The molecule has 3 rings (SSSR count). The van der Waals surface area contributed by atoms with E-state index in [1.165, 1.54) is 25.3 Å². The fourth-order valence-corrected chi connectivity index (χ4v) is 2.70. The Kier molecular flexibility index (Phi) is 6.42. The van der Waals surface area contributed by atoms with Crippen LogP contribution in [0.25, 0.3) is 0 Å². The van der Waals surface area contributed by atoms with Crippen molar-refractivity contribution in [3.8, 4) is 11.5 Å². The average molecular weight is 392 g/mol. The number of methoxy groups -OCH3 is 1. The van der Waals surface area contributed by atoms with Crippen LogP contribution in [0.15, 0.2) is 72.8 Å². The van der Waals surface area contributed by atoms with Crippen LogP contribution in [-0.2, 0) is 13.2 Å². The highest BCUT2D eigenvalue weighted by atomic mass is 16.6. The van der Waals surface area contributed by atoms with E-state index in [0.717, 1.165) is 16.9 Å². The molecule has 3 aromatic rings. The molecule has 0 aliphatic carbocycles. The predicted molar refractivity (Wildman–Crippen MR) is 108 cm³/mol. The highest BCUT2D eigenvalue weighted by Gasteiger charge is 2.18. The SMILES string of the molecule is COc1ccc(C(=O)NCc2ccc(OCc3ccccc3)cc2)cc1[N+](=O)[O-]. The molecule has 0 spiro atoms. The van der Waals surface area contributed by atoms with Crippen LogP contribution in [0.3, 0.4) is 0 Å². The third-order valence-electron chi connectivity index (χ3n) is 4.26. The minimum atomic E-state index is -0.580. The highest BCUT2D eigenvalue weighted by molar-refractivity contribution is 5.95. The zero-order valence-electron chi connectivity index (χ0n) is 15.8. The van der Waals surface area contributed by atoms with E-state index in [2.05, 4.69) is 5.32 Å². The third-order valence-corrected chi connectivity index (χ3v) is 4.26. The number of carbonyl (C=O) groups excluding carboxylic acids is 1. The van der Waals surface area contributed by atoms with Gasteiger partial charge in [-0.3, -0.25) is 14.9 Å². The Balaban J connectivity index is 1.56. The largest absolute Gasteiger partial charge is 0.490 e. The molecule has 0 atom stereocenters. The molecule has 7 nitrogen and oxygen atoms in total. The molecule has 0 unspecified atom stereocenters. The average Bonchev–Trinajstić information content (AvgIpc) is 2.77. The summed E-state index contributed by atoms with van der Waals surface area (Å²) in [4.78, 5) is 22.8. The van der Waals surface area contributed by atoms with Crippen molar-refractivity contribution in [2.24, 2.45) is 0 Å². The number of ether oxygens (including phenoxy) is 2. The standard InChI is InChI=1S/C22H20N2O5/c1-28-21-12-9-18(13-20(21)24(26)27)22(25)23-14-16-7-10-19(11-8-16)29-15-17-5-3-2-4-6-17/h2-13H,14-15H2,1H3,(H,23,25). The lowest BCUT2D eigenvalue weighted by molar-refractivity contribution is -0.385. The molecule has 1 N–H and O–H groups in total. The number of nitrogens with one attached hydrogen (secondary N) is 1. The zero-order valence-corrected chi connectivity index (χ0v) is 15.8. The van der Waals surface area contributed by atoms with E-state index in [1.54, 1.807) is 0 Å². The van der Waals surface area contributed by atoms with Crippen LogP contribution >= 0.6 is 0 Å². The van der Waals surface area contributed by atoms with Crippen molar-refractivity contribution in [2.45, 2.75) is 13.2 Å². The topological polar surface area (TPSA) is 90.7 Å². The Bertz CT molecular complexity index is 988. The van der Waals surface area contributed by atoms with Crippen molar-refractivity contribution in [1.29, 1.82) is 0 Å². The van der Waals surface area contributed by atoms with Gasteiger partial charge in [0, 0.05) is 18.2 Å². The Morgan fingerprint density at radius 1 is 1.00 bits per heavy atom. The minimum Gasteiger partial charge on any atom is -0.490 e. The van der Waals surface area contributed by atoms with Gasteiger partial charge in [0.15, 0.2) is 5.75 Å². The monoisotopic (exact) mass is 392 g/mol. The Morgan fingerprint density at radius 3 is 2.38 bits per heavy atom. The van der Waals surface area contributed by atoms with E-state index >= 15 is 0 Å². The van der Waals surface area contributed by atoms with Crippen LogP contribution in [0, 0.1) is 10.1 Å². The molecule has 7 heteroatoms. The molecule has 0 saturated heterocycles. The lowest BCUT2D eigenvalue weighted by Gasteiger charge is -2.09. The fraction of sp³-hybridized carbons (Fsp3) is 0.136. The van der Waals surface area contributed by atoms with Crippen molar-refractivity contribution in [2.75, 3.05) is 7.11 Å². The smallest absolute Gasteiger partial charge is 0.311 e. The molecular weight excluding hydrogens is 372 g/mol. The summed E-state index contributed by atoms with van der Waals surface area (Å²) in [7, 11) is 1.34. The van der Waals surface area contributed by atoms with E-state index in [1.807, 2.05) is 54.6 Å². The number of benzene rings is 3. The summed E-state index contributed by atoms with van der Waals surface area (Å²) >= 11 is 0.